The van der Waals surface area contributed by atoms with Gasteiger partial charge in [0.2, 0.25) is 5.91 Å². The van der Waals surface area contributed by atoms with Crippen molar-refractivity contribution in [3.63, 3.8) is 0 Å². The van der Waals surface area contributed by atoms with E-state index in [2.05, 4.69) is 5.32 Å². The van der Waals surface area contributed by atoms with Crippen LogP contribution in [0.3, 0.4) is 0 Å². The minimum absolute atomic E-state index is 0.0249. The number of hydrogen-bond donors (Lipinski definition) is 1. The first-order valence-corrected chi connectivity index (χ1v) is 9.23. The van der Waals surface area contributed by atoms with Crippen LogP contribution in [0.4, 0.5) is 0 Å². The zero-order valence-corrected chi connectivity index (χ0v) is 15.1. The molecule has 0 radical (unpaired) electrons. The Kier molecular flexibility index (Phi) is 7.57. The number of ketones is 1. The fourth-order valence-electron chi connectivity index (χ4n) is 3.49. The summed E-state index contributed by atoms with van der Waals surface area (Å²) in [6.45, 7) is 2.03. The summed E-state index contributed by atoms with van der Waals surface area (Å²) >= 11 is 0. The maximum absolute atomic E-state index is 12.4. The molecule has 26 heavy (non-hydrogen) atoms. The Morgan fingerprint density at radius 1 is 1.27 bits per heavy atom. The molecular formula is C21H26NO4-. The molecule has 1 aliphatic rings. The van der Waals surface area contributed by atoms with Crippen LogP contribution >= 0.6 is 0 Å². The number of rotatable bonds is 9. The zero-order chi connectivity index (χ0) is 18.9. The maximum Gasteiger partial charge on any atom is 0.220 e. The highest BCUT2D eigenvalue weighted by atomic mass is 16.4. The summed E-state index contributed by atoms with van der Waals surface area (Å²) in [4.78, 5) is 35.8. The lowest BCUT2D eigenvalue weighted by molar-refractivity contribution is -0.308. The Bertz CT molecular complexity index is 653. The van der Waals surface area contributed by atoms with Crippen LogP contribution in [0, 0.1) is 11.8 Å². The van der Waals surface area contributed by atoms with E-state index in [1.807, 2.05) is 49.4 Å². The molecule has 1 saturated carbocycles. The zero-order valence-electron chi connectivity index (χ0n) is 15.1. The quantitative estimate of drug-likeness (QED) is 0.684. The third kappa shape index (κ3) is 5.83. The third-order valence-corrected chi connectivity index (χ3v) is 4.89. The summed E-state index contributed by atoms with van der Waals surface area (Å²) in [5, 5.41) is 13.9. The molecule has 0 spiro atoms. The van der Waals surface area contributed by atoms with E-state index in [-0.39, 0.29) is 36.4 Å². The minimum Gasteiger partial charge on any atom is -0.548 e. The Labute approximate surface area is 154 Å². The molecule has 0 saturated heterocycles. The molecule has 1 aliphatic carbocycles. The standard InChI is InChI=1S/C21H27NO4/c1-2-3-5-10-17-16(11-12-19(17)23)14-20(24)22-18(21(25)26)13-15-8-6-4-7-9-15/h3-9,16-18H,2,10-14H2,1H3,(H,22,24)(H,25,26)/p-1/b5-3-/t16?,17?,18-/m0/s1. The number of carbonyl (C=O) groups is 3. The van der Waals surface area contributed by atoms with Gasteiger partial charge in [0, 0.05) is 18.8 Å². The van der Waals surface area contributed by atoms with E-state index in [0.29, 0.717) is 19.3 Å². The molecule has 0 heterocycles. The molecule has 0 bridgehead atoms. The normalized spacial score (nSPS) is 21.0. The first-order valence-electron chi connectivity index (χ1n) is 9.23. The van der Waals surface area contributed by atoms with Gasteiger partial charge in [-0.25, -0.2) is 0 Å². The van der Waals surface area contributed by atoms with Crippen molar-refractivity contribution in [1.82, 2.24) is 5.32 Å². The average Bonchev–Trinajstić information content (AvgIpc) is 2.95. The molecule has 1 aromatic carbocycles. The van der Waals surface area contributed by atoms with Crippen molar-refractivity contribution in [2.75, 3.05) is 0 Å². The number of carboxylic acid groups (broad SMARTS) is 1. The summed E-state index contributed by atoms with van der Waals surface area (Å²) in [6, 6.07) is 8.05. The first-order chi connectivity index (χ1) is 12.5. The highest BCUT2D eigenvalue weighted by Gasteiger charge is 2.35. The van der Waals surface area contributed by atoms with Gasteiger partial charge in [-0.3, -0.25) is 9.59 Å². The van der Waals surface area contributed by atoms with Crippen LogP contribution in [0.15, 0.2) is 42.5 Å². The van der Waals surface area contributed by atoms with Gasteiger partial charge in [0.25, 0.3) is 0 Å². The van der Waals surface area contributed by atoms with E-state index in [1.54, 1.807) is 0 Å². The minimum atomic E-state index is -1.30. The summed E-state index contributed by atoms with van der Waals surface area (Å²) in [5.41, 5.74) is 0.820. The number of carboxylic acids is 1. The van der Waals surface area contributed by atoms with Crippen molar-refractivity contribution in [3.05, 3.63) is 48.0 Å². The second-order valence-electron chi connectivity index (χ2n) is 6.82. The fourth-order valence-corrected chi connectivity index (χ4v) is 3.49. The highest BCUT2D eigenvalue weighted by Crippen LogP contribution is 2.34. The number of benzene rings is 1. The largest absolute Gasteiger partial charge is 0.548 e. The predicted octanol–water partition coefficient (Wildman–Crippen LogP) is 1.81. The molecule has 0 aliphatic heterocycles. The van der Waals surface area contributed by atoms with Gasteiger partial charge in [-0.05, 0) is 37.2 Å². The van der Waals surface area contributed by atoms with Crippen molar-refractivity contribution in [2.24, 2.45) is 11.8 Å². The van der Waals surface area contributed by atoms with Crippen molar-refractivity contribution >= 4 is 17.7 Å². The Morgan fingerprint density at radius 2 is 2.00 bits per heavy atom. The first kappa shape index (κ1) is 19.9. The Balaban J connectivity index is 1.93. The van der Waals surface area contributed by atoms with E-state index in [4.69, 9.17) is 0 Å². The average molecular weight is 356 g/mol. The van der Waals surface area contributed by atoms with Crippen LogP contribution in [0.25, 0.3) is 0 Å². The lowest BCUT2D eigenvalue weighted by Gasteiger charge is -2.22. The summed E-state index contributed by atoms with van der Waals surface area (Å²) in [7, 11) is 0. The lowest BCUT2D eigenvalue weighted by Crippen LogP contribution is -2.49. The molecule has 0 aromatic heterocycles. The van der Waals surface area contributed by atoms with Crippen molar-refractivity contribution in [3.8, 4) is 0 Å². The Morgan fingerprint density at radius 3 is 2.65 bits per heavy atom. The summed E-state index contributed by atoms with van der Waals surface area (Å²) in [5.74, 6) is -1.60. The SMILES string of the molecule is CC/C=C\CC1C(=O)CCC1CC(=O)N[C@@H](Cc1ccccc1)C(=O)[O-]. The number of hydrogen-bond acceptors (Lipinski definition) is 4. The number of aliphatic carboxylic acids is 1. The van der Waals surface area contributed by atoms with Gasteiger partial charge in [-0.15, -0.1) is 0 Å². The van der Waals surface area contributed by atoms with Gasteiger partial charge < -0.3 is 15.2 Å². The van der Waals surface area contributed by atoms with Crippen LogP contribution < -0.4 is 10.4 Å². The van der Waals surface area contributed by atoms with Crippen LogP contribution in [-0.2, 0) is 20.8 Å². The number of nitrogens with one attached hydrogen (secondary N) is 1. The van der Waals surface area contributed by atoms with E-state index in [0.717, 1.165) is 12.0 Å². The van der Waals surface area contributed by atoms with Gasteiger partial charge in [0.1, 0.15) is 5.78 Å². The number of carbonyl (C=O) groups excluding carboxylic acids is 3. The molecule has 2 unspecified atom stereocenters. The van der Waals surface area contributed by atoms with E-state index < -0.39 is 12.0 Å². The molecule has 5 nitrogen and oxygen atoms in total. The van der Waals surface area contributed by atoms with Crippen LogP contribution in [0.2, 0.25) is 0 Å². The van der Waals surface area contributed by atoms with E-state index in [9.17, 15) is 19.5 Å². The molecule has 1 N–H and O–H groups in total. The van der Waals surface area contributed by atoms with Gasteiger partial charge in [-0.1, -0.05) is 49.4 Å². The second-order valence-corrected chi connectivity index (χ2v) is 6.82. The summed E-state index contributed by atoms with van der Waals surface area (Å²) < 4.78 is 0. The molecule has 1 aromatic rings. The van der Waals surface area contributed by atoms with E-state index >= 15 is 0 Å². The molecule has 1 amide bonds. The smallest absolute Gasteiger partial charge is 0.220 e. The highest BCUT2D eigenvalue weighted by molar-refractivity contribution is 5.86. The molecule has 3 atom stereocenters. The summed E-state index contributed by atoms with van der Waals surface area (Å²) in [6.07, 6.45) is 7.13. The maximum atomic E-state index is 12.4. The predicted molar refractivity (Wildman–Crippen MR) is 97.0 cm³/mol. The van der Waals surface area contributed by atoms with Gasteiger partial charge >= 0.3 is 0 Å². The lowest BCUT2D eigenvalue weighted by atomic mass is 9.89. The van der Waals surface area contributed by atoms with E-state index in [1.165, 1.54) is 0 Å². The Hall–Kier alpha value is -2.43. The number of amides is 1. The molecular weight excluding hydrogens is 330 g/mol. The van der Waals surface area contributed by atoms with Crippen LogP contribution in [0.1, 0.15) is 44.6 Å². The van der Waals surface area contributed by atoms with Crippen LogP contribution in [-0.4, -0.2) is 23.7 Å². The molecule has 140 valence electrons. The number of allylic oxidation sites excluding steroid dienone is 2. The van der Waals surface area contributed by atoms with Gasteiger partial charge in [-0.2, -0.15) is 0 Å². The topological polar surface area (TPSA) is 86.3 Å². The molecule has 5 heteroatoms. The van der Waals surface area contributed by atoms with Gasteiger partial charge in [0.05, 0.1) is 12.0 Å². The van der Waals surface area contributed by atoms with Gasteiger partial charge in [0.15, 0.2) is 0 Å². The van der Waals surface area contributed by atoms with Crippen LogP contribution in [0.5, 0.6) is 0 Å². The fraction of sp³-hybridized carbons (Fsp3) is 0.476. The monoisotopic (exact) mass is 356 g/mol. The third-order valence-electron chi connectivity index (χ3n) is 4.89. The second kappa shape index (κ2) is 9.90. The number of Topliss-reactive ketones (excluding diaryl/α,β-unsaturated/α-hetero) is 1. The van der Waals surface area contributed by atoms with Crippen molar-refractivity contribution in [1.29, 1.82) is 0 Å². The molecule has 1 fully saturated rings. The van der Waals surface area contributed by atoms with Crippen molar-refractivity contribution < 1.29 is 19.5 Å². The van der Waals surface area contributed by atoms with Crippen molar-refractivity contribution in [2.45, 2.75) is 51.5 Å². The molecule has 2 rings (SSSR count).